The topological polar surface area (TPSA) is 42.1 Å². The Morgan fingerprint density at radius 1 is 1.57 bits per heavy atom. The Morgan fingerprint density at radius 3 is 3.07 bits per heavy atom. The molecule has 0 aliphatic carbocycles. The first kappa shape index (κ1) is 9.40. The van der Waals surface area contributed by atoms with E-state index >= 15 is 0 Å². The third-order valence-electron chi connectivity index (χ3n) is 2.43. The number of anilines is 1. The molecule has 1 atom stereocenters. The number of rotatable bonds is 2. The fourth-order valence-electron chi connectivity index (χ4n) is 1.74. The Balaban J connectivity index is 1.97. The van der Waals surface area contributed by atoms with Crippen molar-refractivity contribution in [3.63, 3.8) is 0 Å². The Labute approximate surface area is 82.7 Å². The average molecular weight is 195 g/mol. The lowest BCUT2D eigenvalue weighted by Gasteiger charge is -2.13. The van der Waals surface area contributed by atoms with Gasteiger partial charge in [-0.2, -0.15) is 0 Å². The van der Waals surface area contributed by atoms with Crippen molar-refractivity contribution in [1.29, 1.82) is 0 Å². The van der Waals surface area contributed by atoms with Gasteiger partial charge in [-0.1, -0.05) is 6.07 Å². The molecule has 1 fully saturated rings. The van der Waals surface area contributed by atoms with Gasteiger partial charge in [-0.15, -0.1) is 0 Å². The Morgan fingerprint density at radius 2 is 2.43 bits per heavy atom. The molecule has 3 nitrogen and oxygen atoms in total. The van der Waals surface area contributed by atoms with E-state index in [1.807, 2.05) is 12.1 Å². The van der Waals surface area contributed by atoms with Crippen LogP contribution >= 0.6 is 0 Å². The van der Waals surface area contributed by atoms with E-state index in [1.165, 1.54) is 0 Å². The van der Waals surface area contributed by atoms with Crippen molar-refractivity contribution in [2.24, 2.45) is 0 Å². The molecule has 2 heterocycles. The number of nitrogens with two attached hydrogens (primary N) is 1. The van der Waals surface area contributed by atoms with E-state index in [0.29, 0.717) is 25.3 Å². The van der Waals surface area contributed by atoms with E-state index < -0.39 is 6.17 Å². The zero-order valence-corrected chi connectivity index (χ0v) is 7.99. The highest BCUT2D eigenvalue weighted by Gasteiger charge is 2.21. The van der Waals surface area contributed by atoms with Crippen LogP contribution < -0.4 is 5.73 Å². The number of halogens is 1. The molecule has 0 amide bonds. The summed E-state index contributed by atoms with van der Waals surface area (Å²) in [7, 11) is 0. The maximum absolute atomic E-state index is 12.9. The molecule has 0 radical (unpaired) electrons. The predicted molar refractivity (Wildman–Crippen MR) is 53.4 cm³/mol. The van der Waals surface area contributed by atoms with Crippen molar-refractivity contribution >= 4 is 5.82 Å². The fraction of sp³-hybridized carbons (Fsp3) is 0.500. The summed E-state index contributed by atoms with van der Waals surface area (Å²) in [5.41, 5.74) is 6.47. The number of pyridine rings is 1. The molecule has 2 rings (SSSR count). The van der Waals surface area contributed by atoms with Crippen LogP contribution in [-0.2, 0) is 6.54 Å². The van der Waals surface area contributed by atoms with Crippen LogP contribution in [0.4, 0.5) is 10.2 Å². The van der Waals surface area contributed by atoms with Gasteiger partial charge in [0.25, 0.3) is 0 Å². The van der Waals surface area contributed by atoms with Gasteiger partial charge in [0.1, 0.15) is 12.0 Å². The molecule has 76 valence electrons. The maximum atomic E-state index is 12.9. The third-order valence-corrected chi connectivity index (χ3v) is 2.43. The highest BCUT2D eigenvalue weighted by atomic mass is 19.1. The van der Waals surface area contributed by atoms with E-state index in [2.05, 4.69) is 9.88 Å². The molecule has 1 saturated heterocycles. The SMILES string of the molecule is Nc1cccc(CN2CC[C@H](F)C2)n1. The molecule has 14 heavy (non-hydrogen) atoms. The second-order valence-electron chi connectivity index (χ2n) is 3.67. The molecule has 0 aromatic carbocycles. The lowest BCUT2D eigenvalue weighted by atomic mass is 10.3. The van der Waals surface area contributed by atoms with Crippen molar-refractivity contribution in [2.75, 3.05) is 18.8 Å². The molecule has 2 N–H and O–H groups in total. The summed E-state index contributed by atoms with van der Waals surface area (Å²) in [5.74, 6) is 0.526. The summed E-state index contributed by atoms with van der Waals surface area (Å²) < 4.78 is 12.9. The van der Waals surface area contributed by atoms with Gasteiger partial charge in [-0.25, -0.2) is 9.37 Å². The van der Waals surface area contributed by atoms with Gasteiger partial charge in [-0.05, 0) is 18.6 Å². The number of nitrogen functional groups attached to an aromatic ring is 1. The van der Waals surface area contributed by atoms with Crippen molar-refractivity contribution < 1.29 is 4.39 Å². The molecular formula is C10H14FN3. The monoisotopic (exact) mass is 195 g/mol. The lowest BCUT2D eigenvalue weighted by molar-refractivity contribution is 0.280. The largest absolute Gasteiger partial charge is 0.384 e. The summed E-state index contributed by atoms with van der Waals surface area (Å²) in [6, 6.07) is 5.55. The van der Waals surface area contributed by atoms with Gasteiger partial charge in [0.2, 0.25) is 0 Å². The summed E-state index contributed by atoms with van der Waals surface area (Å²) in [5, 5.41) is 0. The molecule has 0 unspecified atom stereocenters. The summed E-state index contributed by atoms with van der Waals surface area (Å²) in [6.45, 7) is 2.04. The molecule has 0 spiro atoms. The first-order chi connectivity index (χ1) is 6.74. The van der Waals surface area contributed by atoms with E-state index in [1.54, 1.807) is 6.07 Å². The Hall–Kier alpha value is -1.16. The van der Waals surface area contributed by atoms with Crippen molar-refractivity contribution in [3.05, 3.63) is 23.9 Å². The van der Waals surface area contributed by atoms with Gasteiger partial charge in [0.05, 0.1) is 5.69 Å². The van der Waals surface area contributed by atoms with Crippen molar-refractivity contribution in [2.45, 2.75) is 19.1 Å². The highest BCUT2D eigenvalue weighted by molar-refractivity contribution is 5.28. The number of aromatic nitrogens is 1. The number of alkyl halides is 1. The van der Waals surface area contributed by atoms with Gasteiger partial charge < -0.3 is 5.73 Å². The Bertz CT molecular complexity index is 316. The Kier molecular flexibility index (Phi) is 2.63. The molecule has 0 bridgehead atoms. The van der Waals surface area contributed by atoms with E-state index in [-0.39, 0.29) is 0 Å². The number of hydrogen-bond donors (Lipinski definition) is 1. The second-order valence-corrected chi connectivity index (χ2v) is 3.67. The molecule has 1 aliphatic heterocycles. The summed E-state index contributed by atoms with van der Waals surface area (Å²) >= 11 is 0. The quantitative estimate of drug-likeness (QED) is 0.771. The van der Waals surface area contributed by atoms with Gasteiger partial charge in [0.15, 0.2) is 0 Å². The second kappa shape index (κ2) is 3.92. The predicted octanol–water partition coefficient (Wildman–Crippen LogP) is 1.21. The van der Waals surface area contributed by atoms with Crippen LogP contribution in [0.5, 0.6) is 0 Å². The molecule has 1 aliphatic rings. The van der Waals surface area contributed by atoms with Gasteiger partial charge in [-0.3, -0.25) is 4.90 Å². The number of hydrogen-bond acceptors (Lipinski definition) is 3. The lowest BCUT2D eigenvalue weighted by Crippen LogP contribution is -2.21. The maximum Gasteiger partial charge on any atom is 0.123 e. The average Bonchev–Trinajstić information content (AvgIpc) is 2.51. The normalized spacial score (nSPS) is 22.8. The zero-order chi connectivity index (χ0) is 9.97. The molecule has 4 heteroatoms. The first-order valence-corrected chi connectivity index (χ1v) is 4.82. The minimum atomic E-state index is -0.670. The van der Waals surface area contributed by atoms with Crippen molar-refractivity contribution in [1.82, 2.24) is 9.88 Å². The number of likely N-dealkylation sites (tertiary alicyclic amines) is 1. The fourth-order valence-corrected chi connectivity index (χ4v) is 1.74. The smallest absolute Gasteiger partial charge is 0.123 e. The van der Waals surface area contributed by atoms with Crippen LogP contribution in [0.3, 0.4) is 0 Å². The molecule has 0 saturated carbocycles. The van der Waals surface area contributed by atoms with E-state index in [9.17, 15) is 4.39 Å². The molecular weight excluding hydrogens is 181 g/mol. The van der Waals surface area contributed by atoms with Crippen LogP contribution in [0.1, 0.15) is 12.1 Å². The van der Waals surface area contributed by atoms with E-state index in [4.69, 9.17) is 5.73 Å². The van der Waals surface area contributed by atoms with Crippen LogP contribution in [0.15, 0.2) is 18.2 Å². The molecule has 1 aromatic heterocycles. The standard InChI is InChI=1S/C10H14FN3/c11-8-4-5-14(6-8)7-9-2-1-3-10(12)13-9/h1-3,8H,4-7H2,(H2,12,13)/t8-/m0/s1. The van der Waals surface area contributed by atoms with Crippen molar-refractivity contribution in [3.8, 4) is 0 Å². The number of nitrogens with zero attached hydrogens (tertiary/aromatic N) is 2. The minimum Gasteiger partial charge on any atom is -0.384 e. The zero-order valence-electron chi connectivity index (χ0n) is 7.99. The summed E-state index contributed by atoms with van der Waals surface area (Å²) in [6.07, 6.45) is -0.0291. The van der Waals surface area contributed by atoms with Gasteiger partial charge >= 0.3 is 0 Å². The minimum absolute atomic E-state index is 0.524. The van der Waals surface area contributed by atoms with Crippen LogP contribution in [0.2, 0.25) is 0 Å². The highest BCUT2D eigenvalue weighted by Crippen LogP contribution is 2.14. The van der Waals surface area contributed by atoms with Crippen LogP contribution in [0.25, 0.3) is 0 Å². The third kappa shape index (κ3) is 2.20. The van der Waals surface area contributed by atoms with Crippen LogP contribution in [-0.4, -0.2) is 29.1 Å². The summed E-state index contributed by atoms with van der Waals surface area (Å²) in [4.78, 5) is 6.24. The molecule has 1 aromatic rings. The van der Waals surface area contributed by atoms with Gasteiger partial charge in [0, 0.05) is 19.6 Å². The van der Waals surface area contributed by atoms with Crippen LogP contribution in [0, 0.1) is 0 Å². The van der Waals surface area contributed by atoms with E-state index in [0.717, 1.165) is 12.2 Å². The first-order valence-electron chi connectivity index (χ1n) is 4.82.